The predicted molar refractivity (Wildman–Crippen MR) is 58.5 cm³/mol. The highest BCUT2D eigenvalue weighted by molar-refractivity contribution is 5.83. The van der Waals surface area contributed by atoms with Gasteiger partial charge in [-0.1, -0.05) is 6.07 Å². The Morgan fingerprint density at radius 2 is 2.00 bits per heavy atom. The molecule has 0 bridgehead atoms. The molecule has 2 rings (SSSR count). The number of ether oxygens (including phenoxy) is 1. The van der Waals surface area contributed by atoms with E-state index in [1.54, 1.807) is 39.2 Å². The van der Waals surface area contributed by atoms with Crippen molar-refractivity contribution in [1.82, 2.24) is 0 Å². The second-order valence-electron chi connectivity index (χ2n) is 3.45. The van der Waals surface area contributed by atoms with Crippen LogP contribution in [-0.2, 0) is 0 Å². The average Bonchev–Trinajstić information content (AvgIpc) is 2.25. The Labute approximate surface area is 87.3 Å². The molecular formula is C12H12O3. The van der Waals surface area contributed by atoms with Crippen LogP contribution >= 0.6 is 0 Å². The van der Waals surface area contributed by atoms with Crippen LogP contribution in [0.3, 0.4) is 0 Å². The molecule has 0 amide bonds. The summed E-state index contributed by atoms with van der Waals surface area (Å²) in [6.07, 6.45) is 0. The fourth-order valence-electron chi connectivity index (χ4n) is 1.58. The molecule has 1 aromatic heterocycles. The van der Waals surface area contributed by atoms with Crippen molar-refractivity contribution in [3.05, 3.63) is 39.7 Å². The Morgan fingerprint density at radius 1 is 1.27 bits per heavy atom. The van der Waals surface area contributed by atoms with E-state index in [0.717, 1.165) is 0 Å². The van der Waals surface area contributed by atoms with Crippen LogP contribution in [0.4, 0.5) is 0 Å². The molecule has 2 aromatic rings. The zero-order valence-electron chi connectivity index (χ0n) is 8.96. The van der Waals surface area contributed by atoms with Crippen molar-refractivity contribution in [3.63, 3.8) is 0 Å². The van der Waals surface area contributed by atoms with Gasteiger partial charge in [0, 0.05) is 5.56 Å². The average molecular weight is 204 g/mol. The highest BCUT2D eigenvalue weighted by atomic mass is 16.5. The lowest BCUT2D eigenvalue weighted by molar-refractivity contribution is 0.418. The van der Waals surface area contributed by atoms with Crippen LogP contribution in [0.15, 0.2) is 27.4 Å². The summed E-state index contributed by atoms with van der Waals surface area (Å²) >= 11 is 0. The molecule has 3 nitrogen and oxygen atoms in total. The Bertz CT molecular complexity index is 567. The Balaban J connectivity index is 3.00. The quantitative estimate of drug-likeness (QED) is 0.716. The van der Waals surface area contributed by atoms with Crippen molar-refractivity contribution in [3.8, 4) is 5.75 Å². The lowest BCUT2D eigenvalue weighted by atomic mass is 10.1. The van der Waals surface area contributed by atoms with Gasteiger partial charge in [0.15, 0.2) is 5.43 Å². The van der Waals surface area contributed by atoms with Crippen molar-refractivity contribution in [2.24, 2.45) is 0 Å². The van der Waals surface area contributed by atoms with Crippen LogP contribution in [0.25, 0.3) is 11.0 Å². The lowest BCUT2D eigenvalue weighted by Gasteiger charge is -2.06. The summed E-state index contributed by atoms with van der Waals surface area (Å²) in [7, 11) is 1.55. The first kappa shape index (κ1) is 9.77. The summed E-state index contributed by atoms with van der Waals surface area (Å²) in [6, 6.07) is 5.33. The maximum Gasteiger partial charge on any atom is 0.199 e. The number of methoxy groups -OCH3 is 1. The monoisotopic (exact) mass is 204 g/mol. The van der Waals surface area contributed by atoms with E-state index < -0.39 is 0 Å². The summed E-state index contributed by atoms with van der Waals surface area (Å²) in [5.74, 6) is 1.21. The number of rotatable bonds is 1. The maximum absolute atomic E-state index is 12.0. The molecule has 0 atom stereocenters. The minimum atomic E-state index is -0.0220. The zero-order chi connectivity index (χ0) is 11.0. The van der Waals surface area contributed by atoms with Gasteiger partial charge in [-0.05, 0) is 26.0 Å². The van der Waals surface area contributed by atoms with Gasteiger partial charge in [0.05, 0.1) is 7.11 Å². The van der Waals surface area contributed by atoms with Gasteiger partial charge < -0.3 is 9.15 Å². The molecule has 78 valence electrons. The van der Waals surface area contributed by atoms with Crippen LogP contribution in [0.5, 0.6) is 5.75 Å². The molecule has 0 aliphatic heterocycles. The third-order valence-corrected chi connectivity index (χ3v) is 2.57. The van der Waals surface area contributed by atoms with Gasteiger partial charge in [0.25, 0.3) is 0 Å². The molecule has 0 spiro atoms. The molecule has 1 aromatic carbocycles. The van der Waals surface area contributed by atoms with Crippen molar-refractivity contribution in [2.75, 3.05) is 7.11 Å². The van der Waals surface area contributed by atoms with Gasteiger partial charge in [0.2, 0.25) is 0 Å². The first-order valence-corrected chi connectivity index (χ1v) is 4.72. The van der Waals surface area contributed by atoms with Crippen LogP contribution < -0.4 is 10.2 Å². The number of hydrogen-bond donors (Lipinski definition) is 0. The van der Waals surface area contributed by atoms with Crippen molar-refractivity contribution < 1.29 is 9.15 Å². The van der Waals surface area contributed by atoms with Gasteiger partial charge in [-0.2, -0.15) is 0 Å². The molecule has 0 saturated heterocycles. The molecule has 0 aliphatic carbocycles. The van der Waals surface area contributed by atoms with E-state index in [9.17, 15) is 4.79 Å². The highest BCUT2D eigenvalue weighted by Gasteiger charge is 2.11. The molecule has 0 saturated carbocycles. The van der Waals surface area contributed by atoms with Crippen LogP contribution in [-0.4, -0.2) is 7.11 Å². The third-order valence-electron chi connectivity index (χ3n) is 2.57. The van der Waals surface area contributed by atoms with E-state index >= 15 is 0 Å². The van der Waals surface area contributed by atoms with E-state index in [1.165, 1.54) is 0 Å². The Morgan fingerprint density at radius 3 is 2.67 bits per heavy atom. The number of hydrogen-bond acceptors (Lipinski definition) is 3. The van der Waals surface area contributed by atoms with Crippen molar-refractivity contribution >= 4 is 11.0 Å². The molecular weight excluding hydrogens is 192 g/mol. The fourth-order valence-corrected chi connectivity index (χ4v) is 1.58. The summed E-state index contributed by atoms with van der Waals surface area (Å²) in [4.78, 5) is 12.0. The standard InChI is InChI=1S/C12H12O3/c1-7-8(2)15-10-6-4-5-9(14-3)11(10)12(7)13/h4-6H,1-3H3. The predicted octanol–water partition coefficient (Wildman–Crippen LogP) is 2.42. The Hall–Kier alpha value is -1.77. The number of benzene rings is 1. The molecule has 0 radical (unpaired) electrons. The first-order valence-electron chi connectivity index (χ1n) is 4.72. The maximum atomic E-state index is 12.0. The van der Waals surface area contributed by atoms with Crippen molar-refractivity contribution in [2.45, 2.75) is 13.8 Å². The smallest absolute Gasteiger partial charge is 0.199 e. The van der Waals surface area contributed by atoms with Gasteiger partial charge >= 0.3 is 0 Å². The summed E-state index contributed by atoms with van der Waals surface area (Å²) in [5, 5.41) is 0.517. The highest BCUT2D eigenvalue weighted by Crippen LogP contribution is 2.23. The number of aryl methyl sites for hydroxylation is 1. The van der Waals surface area contributed by atoms with Crippen molar-refractivity contribution in [1.29, 1.82) is 0 Å². The van der Waals surface area contributed by atoms with E-state index in [-0.39, 0.29) is 5.43 Å². The van der Waals surface area contributed by atoms with Gasteiger partial charge in [-0.15, -0.1) is 0 Å². The third kappa shape index (κ3) is 1.40. The molecule has 0 unspecified atom stereocenters. The first-order chi connectivity index (χ1) is 7.15. The van der Waals surface area contributed by atoms with Crippen LogP contribution in [0.1, 0.15) is 11.3 Å². The number of fused-ring (bicyclic) bond motifs is 1. The molecule has 0 N–H and O–H groups in total. The lowest BCUT2D eigenvalue weighted by Crippen LogP contribution is -2.08. The van der Waals surface area contributed by atoms with Gasteiger partial charge in [-0.25, -0.2) is 0 Å². The van der Waals surface area contributed by atoms with Crippen LogP contribution in [0, 0.1) is 13.8 Å². The van der Waals surface area contributed by atoms with E-state index in [2.05, 4.69) is 0 Å². The molecule has 0 fully saturated rings. The topological polar surface area (TPSA) is 39.4 Å². The summed E-state index contributed by atoms with van der Waals surface area (Å²) in [5.41, 5.74) is 1.18. The fraction of sp³-hybridized carbons (Fsp3) is 0.250. The molecule has 15 heavy (non-hydrogen) atoms. The van der Waals surface area contributed by atoms with E-state index in [4.69, 9.17) is 9.15 Å². The second-order valence-corrected chi connectivity index (χ2v) is 3.45. The molecule has 0 aliphatic rings. The normalized spacial score (nSPS) is 10.6. The minimum absolute atomic E-state index is 0.0220. The summed E-state index contributed by atoms with van der Waals surface area (Å²) < 4.78 is 10.7. The minimum Gasteiger partial charge on any atom is -0.496 e. The van der Waals surface area contributed by atoms with Gasteiger partial charge in [0.1, 0.15) is 22.5 Å². The SMILES string of the molecule is COc1cccc2oc(C)c(C)c(=O)c12. The largest absolute Gasteiger partial charge is 0.496 e. The summed E-state index contributed by atoms with van der Waals surface area (Å²) in [6.45, 7) is 3.54. The Kier molecular flexibility index (Phi) is 2.23. The van der Waals surface area contributed by atoms with E-state index in [0.29, 0.717) is 28.0 Å². The molecule has 3 heteroatoms. The van der Waals surface area contributed by atoms with E-state index in [1.807, 2.05) is 0 Å². The zero-order valence-corrected chi connectivity index (χ0v) is 8.96. The van der Waals surface area contributed by atoms with Gasteiger partial charge in [-0.3, -0.25) is 4.79 Å². The van der Waals surface area contributed by atoms with Crippen LogP contribution in [0.2, 0.25) is 0 Å². The second kappa shape index (κ2) is 3.42. The molecule has 1 heterocycles.